The molecule has 0 saturated carbocycles. The second-order valence-corrected chi connectivity index (χ2v) is 8.04. The molecule has 0 spiro atoms. The summed E-state index contributed by atoms with van der Waals surface area (Å²) in [4.78, 5) is 14.5. The highest BCUT2D eigenvalue weighted by Crippen LogP contribution is 2.44. The molecule has 154 valence electrons. The average Bonchev–Trinajstić information content (AvgIpc) is 3.07. The van der Waals surface area contributed by atoms with Crippen molar-refractivity contribution in [2.45, 2.75) is 24.4 Å². The van der Waals surface area contributed by atoms with Gasteiger partial charge < -0.3 is 19.9 Å². The normalized spacial score (nSPS) is 24.0. The number of rotatable bonds is 5. The number of amides is 1. The van der Waals surface area contributed by atoms with Crippen molar-refractivity contribution in [3.05, 3.63) is 59.7 Å². The molecule has 0 radical (unpaired) electrons. The van der Waals surface area contributed by atoms with Crippen LogP contribution in [0.1, 0.15) is 24.0 Å². The smallest absolute Gasteiger partial charge is 0.407 e. The number of carbonyl (C=O) groups excluding carboxylic acids is 1. The summed E-state index contributed by atoms with van der Waals surface area (Å²) < 4.78 is 11.2. The summed E-state index contributed by atoms with van der Waals surface area (Å²) in [7, 11) is 1.95. The third-order valence-corrected chi connectivity index (χ3v) is 6.34. The Morgan fingerprint density at radius 3 is 2.45 bits per heavy atom. The van der Waals surface area contributed by atoms with E-state index in [0.717, 1.165) is 0 Å². The Kier molecular flexibility index (Phi) is 5.58. The minimum Gasteiger partial charge on any atom is -0.449 e. The molecule has 29 heavy (non-hydrogen) atoms. The predicted octanol–water partition coefficient (Wildman–Crippen LogP) is 2.61. The largest absolute Gasteiger partial charge is 0.449 e. The summed E-state index contributed by atoms with van der Waals surface area (Å²) >= 11 is 0. The van der Waals surface area contributed by atoms with Gasteiger partial charge in [-0.1, -0.05) is 48.5 Å². The molecular weight excluding hydrogens is 368 g/mol. The van der Waals surface area contributed by atoms with Crippen LogP contribution in [0.4, 0.5) is 4.79 Å². The number of nitrogens with one attached hydrogen (secondary N) is 1. The van der Waals surface area contributed by atoms with Crippen LogP contribution in [0.15, 0.2) is 48.5 Å². The maximum atomic E-state index is 12.4. The van der Waals surface area contributed by atoms with Crippen LogP contribution in [0.3, 0.4) is 0 Å². The second kappa shape index (κ2) is 8.14. The van der Waals surface area contributed by atoms with E-state index >= 15 is 0 Å². The molecule has 0 aromatic heterocycles. The van der Waals surface area contributed by atoms with Crippen LogP contribution in [0, 0.1) is 0 Å². The maximum absolute atomic E-state index is 12.4. The zero-order valence-corrected chi connectivity index (χ0v) is 16.9. The van der Waals surface area contributed by atoms with Gasteiger partial charge in [-0.2, -0.15) is 0 Å². The Labute approximate surface area is 171 Å². The van der Waals surface area contributed by atoms with Crippen LogP contribution in [0.2, 0.25) is 0 Å². The number of hydrogen-bond acceptors (Lipinski definition) is 5. The minimum atomic E-state index is -0.636. The number of fused-ring (bicyclic) bond motifs is 3. The molecule has 2 aromatic rings. The van der Waals surface area contributed by atoms with Gasteiger partial charge in [0.1, 0.15) is 6.61 Å². The van der Waals surface area contributed by atoms with E-state index < -0.39 is 11.6 Å². The Balaban J connectivity index is 1.40. The van der Waals surface area contributed by atoms with Gasteiger partial charge in [0.25, 0.3) is 0 Å². The SMILES string of the molecule is C[C@@H]1COC[C@@](CO)(CNC(=O)OCC2c3ccccc3-c3ccccc32)N1C. The van der Waals surface area contributed by atoms with Gasteiger partial charge in [0, 0.05) is 18.5 Å². The number of aliphatic hydroxyl groups excluding tert-OH is 1. The topological polar surface area (TPSA) is 71.0 Å². The molecular formula is C23H28N2O4. The summed E-state index contributed by atoms with van der Waals surface area (Å²) in [5.74, 6) is 0.0284. The minimum absolute atomic E-state index is 0.0284. The van der Waals surface area contributed by atoms with Gasteiger partial charge >= 0.3 is 6.09 Å². The Morgan fingerprint density at radius 2 is 1.83 bits per heavy atom. The molecule has 6 heteroatoms. The standard InChI is InChI=1S/C23H28N2O4/c1-16-11-28-15-23(14-26,25(16)2)13-24-22(27)29-12-21-19-9-5-3-7-17(19)18-8-4-6-10-20(18)21/h3-10,16,21,26H,11-15H2,1-2H3,(H,24,27)/t16-,23+/m1/s1. The Morgan fingerprint density at radius 1 is 1.21 bits per heavy atom. The number of carbonyl (C=O) groups is 1. The lowest BCUT2D eigenvalue weighted by Gasteiger charge is -2.47. The molecule has 2 N–H and O–H groups in total. The monoisotopic (exact) mass is 396 g/mol. The third kappa shape index (κ3) is 3.64. The zero-order valence-electron chi connectivity index (χ0n) is 16.9. The summed E-state index contributed by atoms with van der Waals surface area (Å²) in [6.07, 6.45) is -0.480. The van der Waals surface area contributed by atoms with Gasteiger partial charge in [-0.15, -0.1) is 0 Å². The van der Waals surface area contributed by atoms with Gasteiger partial charge in [-0.3, -0.25) is 4.90 Å². The summed E-state index contributed by atoms with van der Waals surface area (Å²) in [5, 5.41) is 12.8. The zero-order chi connectivity index (χ0) is 20.4. The number of nitrogens with zero attached hydrogens (tertiary/aromatic N) is 1. The van der Waals surface area contributed by atoms with Crippen LogP contribution >= 0.6 is 0 Å². The number of aliphatic hydroxyl groups is 1. The van der Waals surface area contributed by atoms with Crippen molar-refractivity contribution >= 4 is 6.09 Å². The van der Waals surface area contributed by atoms with Crippen LogP contribution < -0.4 is 5.32 Å². The first-order valence-corrected chi connectivity index (χ1v) is 10.1. The molecule has 1 fully saturated rings. The highest BCUT2D eigenvalue weighted by Gasteiger charge is 2.41. The predicted molar refractivity (Wildman–Crippen MR) is 111 cm³/mol. The molecule has 1 amide bonds. The van der Waals surface area contributed by atoms with Gasteiger partial charge in [0.05, 0.1) is 25.4 Å². The van der Waals surface area contributed by atoms with Gasteiger partial charge in [0.2, 0.25) is 0 Å². The molecule has 1 heterocycles. The lowest BCUT2D eigenvalue weighted by atomic mass is 9.96. The van der Waals surface area contributed by atoms with E-state index in [2.05, 4.69) is 34.5 Å². The highest BCUT2D eigenvalue weighted by molar-refractivity contribution is 5.79. The number of alkyl carbamates (subject to hydrolysis) is 1. The molecule has 4 rings (SSSR count). The van der Waals surface area contributed by atoms with E-state index in [1.165, 1.54) is 22.3 Å². The quantitative estimate of drug-likeness (QED) is 0.813. The average molecular weight is 396 g/mol. The van der Waals surface area contributed by atoms with Crippen molar-refractivity contribution in [3.8, 4) is 11.1 Å². The van der Waals surface area contributed by atoms with Crippen LogP contribution in [-0.4, -0.2) is 67.7 Å². The fourth-order valence-electron chi connectivity index (χ4n) is 4.38. The fraction of sp³-hybridized carbons (Fsp3) is 0.435. The van der Waals surface area contributed by atoms with E-state index in [9.17, 15) is 9.90 Å². The lowest BCUT2D eigenvalue weighted by Crippen LogP contribution is -2.65. The number of ether oxygens (including phenoxy) is 2. The highest BCUT2D eigenvalue weighted by atomic mass is 16.5. The molecule has 1 aliphatic heterocycles. The number of hydrogen-bond donors (Lipinski definition) is 2. The van der Waals surface area contributed by atoms with Gasteiger partial charge in [-0.05, 0) is 36.2 Å². The molecule has 0 bridgehead atoms. The number of morpholine rings is 1. The van der Waals surface area contributed by atoms with E-state index in [4.69, 9.17) is 9.47 Å². The van der Waals surface area contributed by atoms with Crippen molar-refractivity contribution in [1.29, 1.82) is 0 Å². The summed E-state index contributed by atoms with van der Waals surface area (Å²) in [6.45, 7) is 3.46. The third-order valence-electron chi connectivity index (χ3n) is 6.34. The Hall–Kier alpha value is -2.41. The lowest BCUT2D eigenvalue weighted by molar-refractivity contribution is -0.105. The van der Waals surface area contributed by atoms with E-state index in [1.807, 2.05) is 38.2 Å². The van der Waals surface area contributed by atoms with Crippen molar-refractivity contribution in [2.75, 3.05) is 40.0 Å². The van der Waals surface area contributed by atoms with E-state index in [0.29, 0.717) is 13.2 Å². The molecule has 2 atom stereocenters. The first-order chi connectivity index (χ1) is 14.1. The molecule has 1 aliphatic carbocycles. The summed E-state index contributed by atoms with van der Waals surface area (Å²) in [5.41, 5.74) is 4.13. The number of likely N-dealkylation sites (N-methyl/N-ethyl adjacent to an activating group) is 1. The number of benzene rings is 2. The van der Waals surface area contributed by atoms with E-state index in [-0.39, 0.29) is 31.7 Å². The molecule has 2 aromatic carbocycles. The molecule has 6 nitrogen and oxygen atoms in total. The van der Waals surface area contributed by atoms with Crippen LogP contribution in [-0.2, 0) is 9.47 Å². The molecule has 2 aliphatic rings. The maximum Gasteiger partial charge on any atom is 0.407 e. The first kappa shape index (κ1) is 19.9. The summed E-state index contributed by atoms with van der Waals surface area (Å²) in [6, 6.07) is 16.7. The van der Waals surface area contributed by atoms with Crippen LogP contribution in [0.25, 0.3) is 11.1 Å². The van der Waals surface area contributed by atoms with Crippen LogP contribution in [0.5, 0.6) is 0 Å². The Bertz CT molecular complexity index is 841. The molecule has 0 unspecified atom stereocenters. The van der Waals surface area contributed by atoms with Crippen molar-refractivity contribution in [2.24, 2.45) is 0 Å². The van der Waals surface area contributed by atoms with E-state index in [1.54, 1.807) is 0 Å². The van der Waals surface area contributed by atoms with Crippen molar-refractivity contribution in [1.82, 2.24) is 10.2 Å². The fourth-order valence-corrected chi connectivity index (χ4v) is 4.38. The second-order valence-electron chi connectivity index (χ2n) is 8.04. The van der Waals surface area contributed by atoms with Crippen molar-refractivity contribution in [3.63, 3.8) is 0 Å². The van der Waals surface area contributed by atoms with Crippen molar-refractivity contribution < 1.29 is 19.4 Å². The molecule has 1 saturated heterocycles. The van der Waals surface area contributed by atoms with Gasteiger partial charge in [-0.25, -0.2) is 4.79 Å². The first-order valence-electron chi connectivity index (χ1n) is 10.1. The van der Waals surface area contributed by atoms with Gasteiger partial charge in [0.15, 0.2) is 0 Å².